The highest BCUT2D eigenvalue weighted by molar-refractivity contribution is 5.90. The van der Waals surface area contributed by atoms with Gasteiger partial charge in [-0.25, -0.2) is 4.79 Å². The van der Waals surface area contributed by atoms with E-state index in [2.05, 4.69) is 5.32 Å². The fraction of sp³-hybridized carbons (Fsp3) is 0.391. The van der Waals surface area contributed by atoms with Crippen molar-refractivity contribution in [2.75, 3.05) is 32.1 Å². The molecule has 1 aliphatic rings. The molecule has 29 heavy (non-hydrogen) atoms. The minimum Gasteiger partial charge on any atom is -0.494 e. The Morgan fingerprint density at radius 3 is 2.55 bits per heavy atom. The lowest BCUT2D eigenvalue weighted by molar-refractivity contribution is -0.136. The molecule has 1 atom stereocenters. The molecule has 1 N–H and O–H groups in total. The molecule has 6 nitrogen and oxygen atoms in total. The molecule has 2 aromatic rings. The third kappa shape index (κ3) is 5.73. The van der Waals surface area contributed by atoms with Gasteiger partial charge in [0.2, 0.25) is 5.91 Å². The van der Waals surface area contributed by atoms with Crippen LogP contribution in [-0.4, -0.2) is 48.5 Å². The summed E-state index contributed by atoms with van der Waals surface area (Å²) in [6.07, 6.45) is 1.64. The van der Waals surface area contributed by atoms with Gasteiger partial charge in [0.05, 0.1) is 12.5 Å². The summed E-state index contributed by atoms with van der Waals surface area (Å²) in [5.74, 6) is 0.742. The van der Waals surface area contributed by atoms with E-state index in [9.17, 15) is 9.59 Å². The first-order valence-corrected chi connectivity index (χ1v) is 10.1. The molecule has 0 bridgehead atoms. The molecule has 1 heterocycles. The van der Waals surface area contributed by atoms with Crippen molar-refractivity contribution < 1.29 is 14.3 Å². The molecule has 0 aromatic heterocycles. The quantitative estimate of drug-likeness (QED) is 0.805. The number of urea groups is 1. The highest BCUT2D eigenvalue weighted by Crippen LogP contribution is 2.21. The fourth-order valence-corrected chi connectivity index (χ4v) is 3.61. The molecule has 1 unspecified atom stereocenters. The summed E-state index contributed by atoms with van der Waals surface area (Å²) in [4.78, 5) is 29.0. The maximum atomic E-state index is 12.9. The van der Waals surface area contributed by atoms with Gasteiger partial charge in [0.25, 0.3) is 0 Å². The molecule has 0 spiro atoms. The second kappa shape index (κ2) is 9.96. The number of piperidine rings is 1. The zero-order chi connectivity index (χ0) is 20.6. The molecule has 0 radical (unpaired) electrons. The van der Waals surface area contributed by atoms with E-state index in [0.29, 0.717) is 26.2 Å². The van der Waals surface area contributed by atoms with E-state index in [-0.39, 0.29) is 17.9 Å². The Hall–Kier alpha value is -3.02. The number of para-hydroxylation sites is 1. The van der Waals surface area contributed by atoms with Crippen LogP contribution >= 0.6 is 0 Å². The SMILES string of the molecule is CCOc1ccc(CN(C)C(=O)C2CCCN(C(=O)Nc3ccccc3)C2)cc1. The van der Waals surface area contributed by atoms with Crippen molar-refractivity contribution >= 4 is 17.6 Å². The molecule has 3 rings (SSSR count). The number of hydrogen-bond donors (Lipinski definition) is 1. The van der Waals surface area contributed by atoms with Crippen LogP contribution in [0.2, 0.25) is 0 Å². The van der Waals surface area contributed by atoms with Crippen LogP contribution < -0.4 is 10.1 Å². The Bertz CT molecular complexity index is 808. The standard InChI is InChI=1S/C23H29N3O3/c1-3-29-21-13-11-18(12-14-21)16-25(2)22(27)19-8-7-15-26(17-19)23(28)24-20-9-5-4-6-10-20/h4-6,9-14,19H,3,7-8,15-17H2,1-2H3,(H,24,28). The van der Waals surface area contributed by atoms with Gasteiger partial charge >= 0.3 is 6.03 Å². The largest absolute Gasteiger partial charge is 0.494 e. The number of ether oxygens (including phenoxy) is 1. The van der Waals surface area contributed by atoms with Crippen LogP contribution in [0.25, 0.3) is 0 Å². The number of rotatable bonds is 6. The molecule has 1 aliphatic heterocycles. The zero-order valence-corrected chi connectivity index (χ0v) is 17.1. The second-order valence-corrected chi connectivity index (χ2v) is 7.35. The number of anilines is 1. The van der Waals surface area contributed by atoms with Gasteiger partial charge < -0.3 is 19.9 Å². The summed E-state index contributed by atoms with van der Waals surface area (Å²) < 4.78 is 5.46. The molecule has 1 saturated heterocycles. The van der Waals surface area contributed by atoms with Gasteiger partial charge in [-0.2, -0.15) is 0 Å². The number of likely N-dealkylation sites (tertiary alicyclic amines) is 1. The van der Waals surface area contributed by atoms with Crippen molar-refractivity contribution in [3.05, 3.63) is 60.2 Å². The van der Waals surface area contributed by atoms with E-state index >= 15 is 0 Å². The number of carbonyl (C=O) groups is 2. The lowest BCUT2D eigenvalue weighted by atomic mass is 9.96. The normalized spacial score (nSPS) is 16.2. The first-order valence-electron chi connectivity index (χ1n) is 10.1. The fourth-order valence-electron chi connectivity index (χ4n) is 3.61. The van der Waals surface area contributed by atoms with E-state index in [0.717, 1.165) is 29.8 Å². The Morgan fingerprint density at radius 2 is 1.86 bits per heavy atom. The van der Waals surface area contributed by atoms with Gasteiger partial charge in [-0.3, -0.25) is 4.79 Å². The summed E-state index contributed by atoms with van der Waals surface area (Å²) in [6.45, 7) is 4.25. The van der Waals surface area contributed by atoms with Crippen LogP contribution in [-0.2, 0) is 11.3 Å². The van der Waals surface area contributed by atoms with Crippen molar-refractivity contribution in [1.82, 2.24) is 9.80 Å². The van der Waals surface area contributed by atoms with Gasteiger partial charge in [0.15, 0.2) is 0 Å². The maximum Gasteiger partial charge on any atom is 0.321 e. The van der Waals surface area contributed by atoms with Crippen molar-refractivity contribution in [3.63, 3.8) is 0 Å². The van der Waals surface area contributed by atoms with Crippen LogP contribution in [0.5, 0.6) is 5.75 Å². The molecule has 3 amide bonds. The predicted octanol–water partition coefficient (Wildman–Crippen LogP) is 3.99. The van der Waals surface area contributed by atoms with Gasteiger partial charge in [-0.05, 0) is 49.6 Å². The van der Waals surface area contributed by atoms with E-state index in [1.807, 2.05) is 68.6 Å². The maximum absolute atomic E-state index is 12.9. The van der Waals surface area contributed by atoms with E-state index in [1.165, 1.54) is 0 Å². The van der Waals surface area contributed by atoms with Crippen LogP contribution in [0.15, 0.2) is 54.6 Å². The minimum atomic E-state index is -0.169. The molecular formula is C23H29N3O3. The third-order valence-corrected chi connectivity index (χ3v) is 5.11. The molecule has 6 heteroatoms. The number of hydrogen-bond acceptors (Lipinski definition) is 3. The van der Waals surface area contributed by atoms with Gasteiger partial charge in [-0.15, -0.1) is 0 Å². The van der Waals surface area contributed by atoms with Crippen molar-refractivity contribution in [1.29, 1.82) is 0 Å². The Balaban J connectivity index is 1.54. The predicted molar refractivity (Wildman–Crippen MR) is 114 cm³/mol. The van der Waals surface area contributed by atoms with Crippen molar-refractivity contribution in [3.8, 4) is 5.75 Å². The van der Waals surface area contributed by atoms with E-state index < -0.39 is 0 Å². The smallest absolute Gasteiger partial charge is 0.321 e. The van der Waals surface area contributed by atoms with Gasteiger partial charge in [-0.1, -0.05) is 30.3 Å². The molecular weight excluding hydrogens is 366 g/mol. The van der Waals surface area contributed by atoms with Gasteiger partial charge in [0.1, 0.15) is 5.75 Å². The zero-order valence-electron chi connectivity index (χ0n) is 17.1. The summed E-state index contributed by atoms with van der Waals surface area (Å²) >= 11 is 0. The minimum absolute atomic E-state index is 0.0797. The highest BCUT2D eigenvalue weighted by Gasteiger charge is 2.30. The van der Waals surface area contributed by atoms with Gasteiger partial charge in [0, 0.05) is 32.4 Å². The second-order valence-electron chi connectivity index (χ2n) is 7.35. The Labute approximate surface area is 172 Å². The number of carbonyl (C=O) groups excluding carboxylic acids is 2. The van der Waals surface area contributed by atoms with Crippen molar-refractivity contribution in [2.24, 2.45) is 5.92 Å². The number of benzene rings is 2. The Morgan fingerprint density at radius 1 is 1.14 bits per heavy atom. The van der Waals surface area contributed by atoms with Crippen LogP contribution in [0, 0.1) is 5.92 Å². The summed E-state index contributed by atoms with van der Waals surface area (Å²) in [5, 5.41) is 2.91. The lowest BCUT2D eigenvalue weighted by Crippen LogP contribution is -2.47. The number of amides is 3. The summed E-state index contributed by atoms with van der Waals surface area (Å²) in [7, 11) is 1.82. The van der Waals surface area contributed by atoms with Crippen LogP contribution in [0.1, 0.15) is 25.3 Å². The Kier molecular flexibility index (Phi) is 7.11. The molecule has 2 aromatic carbocycles. The van der Waals surface area contributed by atoms with E-state index in [4.69, 9.17) is 4.74 Å². The lowest BCUT2D eigenvalue weighted by Gasteiger charge is -2.34. The van der Waals surface area contributed by atoms with Crippen LogP contribution in [0.4, 0.5) is 10.5 Å². The van der Waals surface area contributed by atoms with E-state index in [1.54, 1.807) is 9.80 Å². The van der Waals surface area contributed by atoms with Crippen LogP contribution in [0.3, 0.4) is 0 Å². The van der Waals surface area contributed by atoms with Crippen molar-refractivity contribution in [2.45, 2.75) is 26.3 Å². The summed E-state index contributed by atoms with van der Waals surface area (Å²) in [6, 6.07) is 17.0. The third-order valence-electron chi connectivity index (χ3n) is 5.11. The number of nitrogens with one attached hydrogen (secondary N) is 1. The average molecular weight is 396 g/mol. The first-order chi connectivity index (χ1) is 14.1. The molecule has 0 saturated carbocycles. The monoisotopic (exact) mass is 395 g/mol. The highest BCUT2D eigenvalue weighted by atomic mass is 16.5. The molecule has 0 aliphatic carbocycles. The molecule has 1 fully saturated rings. The molecule has 154 valence electrons. The topological polar surface area (TPSA) is 61.9 Å². The summed E-state index contributed by atoms with van der Waals surface area (Å²) in [5.41, 5.74) is 1.82. The number of nitrogens with zero attached hydrogens (tertiary/aromatic N) is 2. The average Bonchev–Trinajstić information content (AvgIpc) is 2.75. The first kappa shape index (κ1) is 20.7.